The SMILES string of the molecule is CC(C)c1ccc(/C=C\C(=O)/C=C\c2ccc(C(C)C)cc2)cc1. The summed E-state index contributed by atoms with van der Waals surface area (Å²) in [5.74, 6) is 1.04. The summed E-state index contributed by atoms with van der Waals surface area (Å²) in [6.07, 6.45) is 6.95. The van der Waals surface area contributed by atoms with Crippen LogP contribution in [0.4, 0.5) is 0 Å². The maximum Gasteiger partial charge on any atom is 0.178 e. The van der Waals surface area contributed by atoms with Gasteiger partial charge in [0, 0.05) is 0 Å². The number of ketones is 1. The van der Waals surface area contributed by atoms with Crippen LogP contribution in [-0.2, 0) is 4.79 Å². The van der Waals surface area contributed by atoms with Crippen LogP contribution >= 0.6 is 0 Å². The molecule has 0 N–H and O–H groups in total. The molecule has 1 heteroatoms. The monoisotopic (exact) mass is 318 g/mol. The lowest BCUT2D eigenvalue weighted by Crippen LogP contribution is -1.88. The lowest BCUT2D eigenvalue weighted by Gasteiger charge is -2.04. The van der Waals surface area contributed by atoms with Crippen molar-refractivity contribution in [1.29, 1.82) is 0 Å². The maximum absolute atomic E-state index is 12.0. The second-order valence-electron chi connectivity index (χ2n) is 6.71. The number of rotatable bonds is 6. The zero-order chi connectivity index (χ0) is 17.5. The van der Waals surface area contributed by atoms with E-state index in [1.165, 1.54) is 11.1 Å². The lowest BCUT2D eigenvalue weighted by molar-refractivity contribution is -0.110. The van der Waals surface area contributed by atoms with Crippen LogP contribution in [0, 0.1) is 0 Å². The second-order valence-corrected chi connectivity index (χ2v) is 6.71. The first-order chi connectivity index (χ1) is 11.5. The van der Waals surface area contributed by atoms with Gasteiger partial charge in [0.05, 0.1) is 0 Å². The van der Waals surface area contributed by atoms with Crippen molar-refractivity contribution in [3.8, 4) is 0 Å². The number of carbonyl (C=O) groups is 1. The van der Waals surface area contributed by atoms with Crippen molar-refractivity contribution in [3.63, 3.8) is 0 Å². The minimum Gasteiger partial charge on any atom is -0.290 e. The Morgan fingerprint density at radius 3 is 1.29 bits per heavy atom. The van der Waals surface area contributed by atoms with Gasteiger partial charge < -0.3 is 0 Å². The predicted octanol–water partition coefficient (Wildman–Crippen LogP) is 6.23. The summed E-state index contributed by atoms with van der Waals surface area (Å²) in [6, 6.07) is 16.6. The molecule has 0 atom stereocenters. The van der Waals surface area contributed by atoms with E-state index in [9.17, 15) is 4.79 Å². The van der Waals surface area contributed by atoms with Crippen molar-refractivity contribution in [3.05, 3.63) is 82.9 Å². The summed E-state index contributed by atoms with van der Waals surface area (Å²) in [5.41, 5.74) is 4.70. The highest BCUT2D eigenvalue weighted by Crippen LogP contribution is 2.16. The molecule has 0 fully saturated rings. The minimum absolute atomic E-state index is 0.00382. The van der Waals surface area contributed by atoms with Crippen LogP contribution in [0.3, 0.4) is 0 Å². The van der Waals surface area contributed by atoms with Gasteiger partial charge in [-0.3, -0.25) is 4.79 Å². The fraction of sp³-hybridized carbons (Fsp3) is 0.261. The number of hydrogen-bond acceptors (Lipinski definition) is 1. The number of hydrogen-bond donors (Lipinski definition) is 0. The predicted molar refractivity (Wildman–Crippen MR) is 104 cm³/mol. The van der Waals surface area contributed by atoms with Crippen molar-refractivity contribution in [2.45, 2.75) is 39.5 Å². The number of carbonyl (C=O) groups excluding carboxylic acids is 1. The first-order valence-corrected chi connectivity index (χ1v) is 8.55. The Kier molecular flexibility index (Phi) is 6.31. The maximum atomic E-state index is 12.0. The molecule has 0 saturated carbocycles. The van der Waals surface area contributed by atoms with Gasteiger partial charge in [0.1, 0.15) is 0 Å². The van der Waals surface area contributed by atoms with E-state index < -0.39 is 0 Å². The summed E-state index contributed by atoms with van der Waals surface area (Å²) in [4.78, 5) is 12.0. The average Bonchev–Trinajstić information content (AvgIpc) is 2.58. The van der Waals surface area contributed by atoms with Crippen LogP contribution in [0.15, 0.2) is 60.7 Å². The summed E-state index contributed by atoms with van der Waals surface area (Å²) < 4.78 is 0. The molecular formula is C23H26O. The molecule has 2 aromatic rings. The molecule has 0 aliphatic heterocycles. The molecule has 0 unspecified atom stereocenters. The molecule has 0 heterocycles. The topological polar surface area (TPSA) is 17.1 Å². The normalized spacial score (nSPS) is 11.9. The molecule has 2 aromatic carbocycles. The Morgan fingerprint density at radius 2 is 1.00 bits per heavy atom. The van der Waals surface area contributed by atoms with Gasteiger partial charge in [-0.2, -0.15) is 0 Å². The molecule has 0 saturated heterocycles. The molecule has 0 aliphatic carbocycles. The van der Waals surface area contributed by atoms with E-state index in [1.54, 1.807) is 12.2 Å². The van der Waals surface area contributed by atoms with Crippen molar-refractivity contribution < 1.29 is 4.79 Å². The van der Waals surface area contributed by atoms with Crippen LogP contribution in [0.2, 0.25) is 0 Å². The fourth-order valence-electron chi connectivity index (χ4n) is 2.40. The molecule has 0 bridgehead atoms. The zero-order valence-corrected chi connectivity index (χ0v) is 15.0. The van der Waals surface area contributed by atoms with Gasteiger partial charge >= 0.3 is 0 Å². The molecule has 0 amide bonds. The third-order valence-electron chi connectivity index (χ3n) is 4.09. The largest absolute Gasteiger partial charge is 0.290 e. The molecule has 0 aliphatic rings. The van der Waals surface area contributed by atoms with Gasteiger partial charge in [-0.15, -0.1) is 0 Å². The Balaban J connectivity index is 1.96. The van der Waals surface area contributed by atoms with Crippen molar-refractivity contribution in [2.24, 2.45) is 0 Å². The van der Waals surface area contributed by atoms with Gasteiger partial charge in [0.15, 0.2) is 5.78 Å². The summed E-state index contributed by atoms with van der Waals surface area (Å²) in [5, 5.41) is 0. The Hall–Kier alpha value is -2.41. The molecule has 1 nitrogen and oxygen atoms in total. The van der Waals surface area contributed by atoms with E-state index >= 15 is 0 Å². The van der Waals surface area contributed by atoms with Gasteiger partial charge in [0.2, 0.25) is 0 Å². The van der Waals surface area contributed by atoms with E-state index in [-0.39, 0.29) is 5.78 Å². The van der Waals surface area contributed by atoms with Gasteiger partial charge in [0.25, 0.3) is 0 Å². The highest BCUT2D eigenvalue weighted by molar-refractivity contribution is 6.04. The Labute approximate surface area is 145 Å². The van der Waals surface area contributed by atoms with E-state index in [0.29, 0.717) is 11.8 Å². The van der Waals surface area contributed by atoms with Crippen molar-refractivity contribution in [1.82, 2.24) is 0 Å². The first-order valence-electron chi connectivity index (χ1n) is 8.55. The van der Waals surface area contributed by atoms with Crippen molar-refractivity contribution in [2.75, 3.05) is 0 Å². The van der Waals surface area contributed by atoms with Crippen LogP contribution in [-0.4, -0.2) is 5.78 Å². The van der Waals surface area contributed by atoms with Gasteiger partial charge in [-0.25, -0.2) is 0 Å². The quantitative estimate of drug-likeness (QED) is 0.577. The Morgan fingerprint density at radius 1 is 0.667 bits per heavy atom. The van der Waals surface area contributed by atoms with Crippen LogP contribution in [0.25, 0.3) is 12.2 Å². The van der Waals surface area contributed by atoms with E-state index in [1.807, 2.05) is 36.4 Å². The van der Waals surface area contributed by atoms with Gasteiger partial charge in [-0.1, -0.05) is 88.4 Å². The van der Waals surface area contributed by atoms with Crippen LogP contribution in [0.5, 0.6) is 0 Å². The summed E-state index contributed by atoms with van der Waals surface area (Å²) >= 11 is 0. The van der Waals surface area contributed by atoms with E-state index in [2.05, 4.69) is 52.0 Å². The molecule has 124 valence electrons. The Bertz CT molecular complexity index is 650. The van der Waals surface area contributed by atoms with E-state index in [0.717, 1.165) is 11.1 Å². The molecule has 0 radical (unpaired) electrons. The smallest absolute Gasteiger partial charge is 0.178 e. The highest BCUT2D eigenvalue weighted by atomic mass is 16.1. The van der Waals surface area contributed by atoms with Crippen LogP contribution in [0.1, 0.15) is 61.8 Å². The molecule has 2 rings (SSSR count). The third-order valence-corrected chi connectivity index (χ3v) is 4.09. The molecule has 0 spiro atoms. The molecular weight excluding hydrogens is 292 g/mol. The van der Waals surface area contributed by atoms with Crippen molar-refractivity contribution >= 4 is 17.9 Å². The van der Waals surface area contributed by atoms with Gasteiger partial charge in [-0.05, 0) is 46.2 Å². The lowest BCUT2D eigenvalue weighted by atomic mass is 10.0. The first kappa shape index (κ1) is 17.9. The minimum atomic E-state index is -0.00382. The number of allylic oxidation sites excluding steroid dienone is 2. The standard InChI is InChI=1S/C23H26O/c1-17(2)21-11-5-19(6-12-21)9-15-23(24)16-10-20-7-13-22(14-8-20)18(3)4/h5-18H,1-4H3/b15-9-,16-10-. The second kappa shape index (κ2) is 8.44. The summed E-state index contributed by atoms with van der Waals surface area (Å²) in [6.45, 7) is 8.69. The molecule has 24 heavy (non-hydrogen) atoms. The third kappa shape index (κ3) is 5.34. The van der Waals surface area contributed by atoms with E-state index in [4.69, 9.17) is 0 Å². The number of benzene rings is 2. The zero-order valence-electron chi connectivity index (χ0n) is 15.0. The fourth-order valence-corrected chi connectivity index (χ4v) is 2.40. The molecule has 0 aromatic heterocycles. The highest BCUT2D eigenvalue weighted by Gasteiger charge is 1.99. The summed E-state index contributed by atoms with van der Waals surface area (Å²) in [7, 11) is 0. The van der Waals surface area contributed by atoms with Crippen LogP contribution < -0.4 is 0 Å². The average molecular weight is 318 g/mol.